The van der Waals surface area contributed by atoms with Crippen LogP contribution in [0.25, 0.3) is 0 Å². The molecule has 0 aliphatic carbocycles. The van der Waals surface area contributed by atoms with Gasteiger partial charge in [-0.05, 0) is 22.6 Å². The molecule has 0 aromatic heterocycles. The van der Waals surface area contributed by atoms with E-state index in [2.05, 4.69) is 26.8 Å². The number of benzene rings is 2. The molecule has 1 nitrogen and oxygen atoms in total. The smallest absolute Gasteiger partial charge is 0.128 e. The lowest BCUT2D eigenvalue weighted by molar-refractivity contribution is 0.568. The zero-order valence-corrected chi connectivity index (χ0v) is 11.7. The Labute approximate surface area is 114 Å². The summed E-state index contributed by atoms with van der Waals surface area (Å²) in [7, 11) is 0. The maximum Gasteiger partial charge on any atom is 0.128 e. The molecule has 0 saturated carbocycles. The van der Waals surface area contributed by atoms with E-state index in [-0.39, 0.29) is 11.2 Å². The summed E-state index contributed by atoms with van der Waals surface area (Å²) in [5.41, 5.74) is 8.95. The third-order valence-corrected chi connectivity index (χ3v) is 3.34. The predicted octanol–water partition coefficient (Wildman–Crippen LogP) is 4.17. The Hall–Kier alpha value is -1.67. The van der Waals surface area contributed by atoms with E-state index in [1.54, 1.807) is 12.1 Å². The fourth-order valence-corrected chi connectivity index (χ4v) is 2.35. The third kappa shape index (κ3) is 2.85. The molecule has 0 heterocycles. The molecular formula is C17H20FN. The largest absolute Gasteiger partial charge is 0.320 e. The number of halogens is 1. The topological polar surface area (TPSA) is 26.0 Å². The van der Waals surface area contributed by atoms with Crippen molar-refractivity contribution < 1.29 is 4.39 Å². The highest BCUT2D eigenvalue weighted by molar-refractivity contribution is 5.40. The van der Waals surface area contributed by atoms with Gasteiger partial charge < -0.3 is 5.73 Å². The van der Waals surface area contributed by atoms with Crippen molar-refractivity contribution >= 4 is 0 Å². The van der Waals surface area contributed by atoms with Crippen molar-refractivity contribution in [2.75, 3.05) is 0 Å². The van der Waals surface area contributed by atoms with Gasteiger partial charge in [-0.2, -0.15) is 0 Å². The second-order valence-corrected chi connectivity index (χ2v) is 5.84. The first-order valence-corrected chi connectivity index (χ1v) is 6.50. The lowest BCUT2D eigenvalue weighted by Crippen LogP contribution is -2.21. The van der Waals surface area contributed by atoms with Crippen LogP contribution in [0.15, 0.2) is 48.5 Å². The minimum Gasteiger partial charge on any atom is -0.320 e. The van der Waals surface area contributed by atoms with E-state index < -0.39 is 6.04 Å². The van der Waals surface area contributed by atoms with Gasteiger partial charge >= 0.3 is 0 Å². The van der Waals surface area contributed by atoms with Crippen LogP contribution in [-0.2, 0) is 5.41 Å². The summed E-state index contributed by atoms with van der Waals surface area (Å²) in [6, 6.07) is 14.3. The quantitative estimate of drug-likeness (QED) is 0.858. The summed E-state index contributed by atoms with van der Waals surface area (Å²) < 4.78 is 13.9. The summed E-state index contributed by atoms with van der Waals surface area (Å²) in [6.45, 7) is 6.42. The minimum atomic E-state index is -0.434. The van der Waals surface area contributed by atoms with E-state index in [0.29, 0.717) is 5.56 Å². The molecule has 0 amide bonds. The SMILES string of the molecule is CC(C)(C)c1ccccc1C(N)c1ccccc1F. The molecule has 1 atom stereocenters. The average molecular weight is 257 g/mol. The molecule has 0 saturated heterocycles. The van der Waals surface area contributed by atoms with Crippen LogP contribution in [-0.4, -0.2) is 0 Å². The molecule has 0 bridgehead atoms. The summed E-state index contributed by atoms with van der Waals surface area (Å²) in [6.07, 6.45) is 0. The van der Waals surface area contributed by atoms with Crippen LogP contribution in [0.1, 0.15) is 43.5 Å². The third-order valence-electron chi connectivity index (χ3n) is 3.34. The highest BCUT2D eigenvalue weighted by Gasteiger charge is 2.22. The summed E-state index contributed by atoms with van der Waals surface area (Å²) in [5.74, 6) is -0.251. The zero-order chi connectivity index (χ0) is 14.0. The van der Waals surface area contributed by atoms with Gasteiger partial charge in [-0.1, -0.05) is 63.2 Å². The van der Waals surface area contributed by atoms with E-state index in [1.165, 1.54) is 6.07 Å². The molecule has 2 heteroatoms. The lowest BCUT2D eigenvalue weighted by atomic mass is 9.81. The van der Waals surface area contributed by atoms with Gasteiger partial charge in [-0.15, -0.1) is 0 Å². The van der Waals surface area contributed by atoms with E-state index in [9.17, 15) is 4.39 Å². The van der Waals surface area contributed by atoms with E-state index >= 15 is 0 Å². The maximum atomic E-state index is 13.9. The van der Waals surface area contributed by atoms with Gasteiger partial charge in [0.05, 0.1) is 6.04 Å². The van der Waals surface area contributed by atoms with Gasteiger partial charge in [-0.25, -0.2) is 4.39 Å². The van der Waals surface area contributed by atoms with Crippen molar-refractivity contribution in [1.82, 2.24) is 0 Å². The van der Waals surface area contributed by atoms with Crippen molar-refractivity contribution in [2.24, 2.45) is 5.73 Å². The first-order chi connectivity index (χ1) is 8.91. The number of hydrogen-bond acceptors (Lipinski definition) is 1. The molecule has 2 N–H and O–H groups in total. The number of hydrogen-bond donors (Lipinski definition) is 1. The molecule has 0 aliphatic heterocycles. The molecule has 2 aromatic carbocycles. The molecule has 2 rings (SSSR count). The molecule has 2 aromatic rings. The Kier molecular flexibility index (Phi) is 3.72. The zero-order valence-electron chi connectivity index (χ0n) is 11.7. The van der Waals surface area contributed by atoms with Crippen molar-refractivity contribution in [1.29, 1.82) is 0 Å². The fourth-order valence-electron chi connectivity index (χ4n) is 2.35. The van der Waals surface area contributed by atoms with Crippen molar-refractivity contribution in [3.8, 4) is 0 Å². The molecule has 100 valence electrons. The standard InChI is InChI=1S/C17H20FN/c1-17(2,3)14-10-6-4-8-12(14)16(19)13-9-5-7-11-15(13)18/h4-11,16H,19H2,1-3H3. The van der Waals surface area contributed by atoms with E-state index in [1.807, 2.05) is 24.3 Å². The second kappa shape index (κ2) is 5.14. The molecule has 0 radical (unpaired) electrons. The van der Waals surface area contributed by atoms with Gasteiger partial charge in [0.25, 0.3) is 0 Å². The van der Waals surface area contributed by atoms with Gasteiger partial charge in [0, 0.05) is 5.56 Å². The highest BCUT2D eigenvalue weighted by Crippen LogP contribution is 2.32. The Morgan fingerprint density at radius 3 is 2.00 bits per heavy atom. The second-order valence-electron chi connectivity index (χ2n) is 5.84. The maximum absolute atomic E-state index is 13.9. The van der Waals surface area contributed by atoms with Crippen molar-refractivity contribution in [2.45, 2.75) is 32.2 Å². The normalized spacial score (nSPS) is 13.3. The molecule has 0 aliphatic rings. The Morgan fingerprint density at radius 2 is 1.42 bits per heavy atom. The van der Waals surface area contributed by atoms with Crippen LogP contribution in [0.4, 0.5) is 4.39 Å². The highest BCUT2D eigenvalue weighted by atomic mass is 19.1. The van der Waals surface area contributed by atoms with Crippen LogP contribution in [0.5, 0.6) is 0 Å². The van der Waals surface area contributed by atoms with Gasteiger partial charge in [-0.3, -0.25) is 0 Å². The van der Waals surface area contributed by atoms with Crippen LogP contribution < -0.4 is 5.73 Å². The lowest BCUT2D eigenvalue weighted by Gasteiger charge is -2.26. The summed E-state index contributed by atoms with van der Waals surface area (Å²) in [4.78, 5) is 0. The summed E-state index contributed by atoms with van der Waals surface area (Å²) in [5, 5.41) is 0. The molecule has 0 spiro atoms. The van der Waals surface area contributed by atoms with Crippen molar-refractivity contribution in [3.63, 3.8) is 0 Å². The number of rotatable bonds is 2. The molecule has 0 fully saturated rings. The Bertz CT molecular complexity index is 569. The summed E-state index contributed by atoms with van der Waals surface area (Å²) >= 11 is 0. The van der Waals surface area contributed by atoms with Gasteiger partial charge in [0.15, 0.2) is 0 Å². The molecular weight excluding hydrogens is 237 g/mol. The minimum absolute atomic E-state index is 0.0144. The first-order valence-electron chi connectivity index (χ1n) is 6.50. The van der Waals surface area contributed by atoms with Crippen molar-refractivity contribution in [3.05, 3.63) is 71.0 Å². The Balaban J connectivity index is 2.51. The average Bonchev–Trinajstić information content (AvgIpc) is 2.37. The van der Waals surface area contributed by atoms with E-state index in [4.69, 9.17) is 5.73 Å². The molecule has 1 unspecified atom stereocenters. The first kappa shape index (κ1) is 13.8. The van der Waals surface area contributed by atoms with Crippen LogP contribution in [0, 0.1) is 5.82 Å². The Morgan fingerprint density at radius 1 is 0.895 bits per heavy atom. The van der Waals surface area contributed by atoms with Crippen LogP contribution in [0.3, 0.4) is 0 Å². The monoisotopic (exact) mass is 257 g/mol. The van der Waals surface area contributed by atoms with Crippen LogP contribution >= 0.6 is 0 Å². The predicted molar refractivity (Wildman–Crippen MR) is 77.6 cm³/mol. The molecule has 19 heavy (non-hydrogen) atoms. The van der Waals surface area contributed by atoms with Gasteiger partial charge in [0.1, 0.15) is 5.82 Å². The van der Waals surface area contributed by atoms with Gasteiger partial charge in [0.2, 0.25) is 0 Å². The fraction of sp³-hybridized carbons (Fsp3) is 0.294. The number of nitrogens with two attached hydrogens (primary N) is 1. The van der Waals surface area contributed by atoms with Crippen LogP contribution in [0.2, 0.25) is 0 Å². The van der Waals surface area contributed by atoms with E-state index in [0.717, 1.165) is 11.1 Å².